The number of nitrogens with two attached hydrogens (primary N) is 1. The number of hydrogen-bond acceptors (Lipinski definition) is 3. The number of hydrogen-bond donors (Lipinski definition) is 3. The first-order valence-corrected chi connectivity index (χ1v) is 6.26. The second kappa shape index (κ2) is 7.43. The molecule has 0 saturated carbocycles. The summed E-state index contributed by atoms with van der Waals surface area (Å²) in [5.41, 5.74) is 8.16. The summed E-state index contributed by atoms with van der Waals surface area (Å²) in [7, 11) is 0. The van der Waals surface area contributed by atoms with Crippen LogP contribution in [0.15, 0.2) is 24.3 Å². The van der Waals surface area contributed by atoms with Gasteiger partial charge in [-0.05, 0) is 23.5 Å². The van der Waals surface area contributed by atoms with Crippen LogP contribution in [0.1, 0.15) is 31.4 Å². The third-order valence-electron chi connectivity index (χ3n) is 2.72. The molecule has 0 aliphatic heterocycles. The molecular weight excluding hydrogens is 212 g/mol. The molecule has 4 N–H and O–H groups in total. The lowest BCUT2D eigenvalue weighted by molar-refractivity contribution is 0.282. The van der Waals surface area contributed by atoms with Gasteiger partial charge in [-0.2, -0.15) is 0 Å². The van der Waals surface area contributed by atoms with Crippen LogP contribution in [0, 0.1) is 5.92 Å². The van der Waals surface area contributed by atoms with E-state index in [1.807, 2.05) is 24.3 Å². The molecule has 0 saturated heterocycles. The van der Waals surface area contributed by atoms with Gasteiger partial charge in [-0.1, -0.05) is 38.1 Å². The zero-order valence-electron chi connectivity index (χ0n) is 10.8. The van der Waals surface area contributed by atoms with Gasteiger partial charge >= 0.3 is 0 Å². The van der Waals surface area contributed by atoms with Gasteiger partial charge in [0.1, 0.15) is 0 Å². The van der Waals surface area contributed by atoms with Crippen molar-refractivity contribution in [3.8, 4) is 0 Å². The van der Waals surface area contributed by atoms with Crippen LogP contribution in [-0.4, -0.2) is 17.7 Å². The van der Waals surface area contributed by atoms with E-state index in [1.165, 1.54) is 5.56 Å². The third kappa shape index (κ3) is 5.82. The van der Waals surface area contributed by atoms with E-state index >= 15 is 0 Å². The van der Waals surface area contributed by atoms with E-state index in [-0.39, 0.29) is 12.6 Å². The van der Waals surface area contributed by atoms with E-state index in [0.29, 0.717) is 5.92 Å². The van der Waals surface area contributed by atoms with Gasteiger partial charge in [0.25, 0.3) is 0 Å². The van der Waals surface area contributed by atoms with Crippen molar-refractivity contribution in [2.75, 3.05) is 6.54 Å². The maximum absolute atomic E-state index is 8.93. The molecule has 0 aliphatic carbocycles. The van der Waals surface area contributed by atoms with E-state index < -0.39 is 0 Å². The van der Waals surface area contributed by atoms with Crippen LogP contribution >= 0.6 is 0 Å². The molecule has 0 bridgehead atoms. The van der Waals surface area contributed by atoms with Crippen LogP contribution in [0.2, 0.25) is 0 Å². The molecule has 96 valence electrons. The second-order valence-electron chi connectivity index (χ2n) is 5.00. The Morgan fingerprint density at radius 1 is 1.18 bits per heavy atom. The fraction of sp³-hybridized carbons (Fsp3) is 0.571. The predicted molar refractivity (Wildman–Crippen MR) is 71.5 cm³/mol. The van der Waals surface area contributed by atoms with Crippen LogP contribution in [0.4, 0.5) is 0 Å². The molecule has 1 atom stereocenters. The summed E-state index contributed by atoms with van der Waals surface area (Å²) in [5.74, 6) is 0.649. The van der Waals surface area contributed by atoms with Crippen molar-refractivity contribution < 1.29 is 5.11 Å². The average molecular weight is 236 g/mol. The van der Waals surface area contributed by atoms with Crippen LogP contribution in [-0.2, 0) is 13.2 Å². The van der Waals surface area contributed by atoms with E-state index in [2.05, 4.69) is 19.2 Å². The summed E-state index contributed by atoms with van der Waals surface area (Å²) >= 11 is 0. The molecule has 0 aromatic heterocycles. The highest BCUT2D eigenvalue weighted by Gasteiger charge is 2.04. The number of rotatable bonds is 7. The minimum absolute atomic E-state index is 0.104. The molecule has 3 nitrogen and oxygen atoms in total. The first kappa shape index (κ1) is 14.2. The molecule has 0 amide bonds. The van der Waals surface area contributed by atoms with E-state index in [1.54, 1.807) is 0 Å². The number of aliphatic hydroxyl groups is 1. The van der Waals surface area contributed by atoms with Crippen molar-refractivity contribution in [1.82, 2.24) is 5.32 Å². The Hall–Kier alpha value is -0.900. The van der Waals surface area contributed by atoms with E-state index in [0.717, 1.165) is 25.1 Å². The summed E-state index contributed by atoms with van der Waals surface area (Å²) in [6, 6.07) is 8.20. The standard InChI is InChI=1S/C14H24N2O/c1-11(2)7-14(15)9-16-8-12-3-5-13(10-17)6-4-12/h3-6,11,14,16-17H,7-10,15H2,1-2H3. The number of aliphatic hydroxyl groups excluding tert-OH is 1. The first-order valence-electron chi connectivity index (χ1n) is 6.26. The Bertz CT molecular complexity index is 309. The Labute approximate surface area is 104 Å². The van der Waals surface area contributed by atoms with Gasteiger partial charge in [-0.3, -0.25) is 0 Å². The van der Waals surface area contributed by atoms with Crippen molar-refractivity contribution in [2.45, 2.75) is 39.5 Å². The summed E-state index contributed by atoms with van der Waals surface area (Å²) in [5, 5.41) is 12.3. The monoisotopic (exact) mass is 236 g/mol. The summed E-state index contributed by atoms with van der Waals surface area (Å²) < 4.78 is 0. The molecule has 1 unspecified atom stereocenters. The molecule has 1 aromatic carbocycles. The van der Waals surface area contributed by atoms with Gasteiger partial charge in [-0.15, -0.1) is 0 Å². The fourth-order valence-corrected chi connectivity index (χ4v) is 1.85. The molecular formula is C14H24N2O. The highest BCUT2D eigenvalue weighted by Crippen LogP contribution is 2.05. The third-order valence-corrected chi connectivity index (χ3v) is 2.72. The molecule has 1 aromatic rings. The Morgan fingerprint density at radius 3 is 2.29 bits per heavy atom. The van der Waals surface area contributed by atoms with Gasteiger partial charge in [0.2, 0.25) is 0 Å². The quantitative estimate of drug-likeness (QED) is 0.674. The SMILES string of the molecule is CC(C)CC(N)CNCc1ccc(CO)cc1. The number of nitrogens with one attached hydrogen (secondary N) is 1. The van der Waals surface area contributed by atoms with Crippen molar-refractivity contribution >= 4 is 0 Å². The summed E-state index contributed by atoms with van der Waals surface area (Å²) in [4.78, 5) is 0. The van der Waals surface area contributed by atoms with Crippen molar-refractivity contribution in [3.05, 3.63) is 35.4 Å². The fourth-order valence-electron chi connectivity index (χ4n) is 1.85. The molecule has 1 rings (SSSR count). The van der Waals surface area contributed by atoms with Crippen LogP contribution in [0.25, 0.3) is 0 Å². The largest absolute Gasteiger partial charge is 0.392 e. The topological polar surface area (TPSA) is 58.3 Å². The number of benzene rings is 1. The maximum Gasteiger partial charge on any atom is 0.0681 e. The van der Waals surface area contributed by atoms with Crippen molar-refractivity contribution in [1.29, 1.82) is 0 Å². The van der Waals surface area contributed by atoms with Gasteiger partial charge in [0.15, 0.2) is 0 Å². The van der Waals surface area contributed by atoms with Gasteiger partial charge < -0.3 is 16.2 Å². The molecule has 0 aliphatic rings. The summed E-state index contributed by atoms with van der Waals surface area (Å²) in [6.07, 6.45) is 1.05. The molecule has 0 heterocycles. The van der Waals surface area contributed by atoms with Gasteiger partial charge in [0, 0.05) is 19.1 Å². The molecule has 17 heavy (non-hydrogen) atoms. The second-order valence-corrected chi connectivity index (χ2v) is 5.00. The predicted octanol–water partition coefficient (Wildman–Crippen LogP) is 1.64. The van der Waals surface area contributed by atoms with Gasteiger partial charge in [0.05, 0.1) is 6.61 Å². The maximum atomic E-state index is 8.93. The van der Waals surface area contributed by atoms with E-state index in [9.17, 15) is 0 Å². The Kier molecular flexibility index (Phi) is 6.19. The van der Waals surface area contributed by atoms with Crippen LogP contribution < -0.4 is 11.1 Å². The van der Waals surface area contributed by atoms with Crippen molar-refractivity contribution in [2.24, 2.45) is 11.7 Å². The minimum Gasteiger partial charge on any atom is -0.392 e. The highest BCUT2D eigenvalue weighted by atomic mass is 16.3. The molecule has 0 radical (unpaired) electrons. The Morgan fingerprint density at radius 2 is 1.76 bits per heavy atom. The lowest BCUT2D eigenvalue weighted by Crippen LogP contribution is -2.34. The van der Waals surface area contributed by atoms with Crippen LogP contribution in [0.3, 0.4) is 0 Å². The molecule has 3 heteroatoms. The average Bonchev–Trinajstić information content (AvgIpc) is 2.29. The zero-order chi connectivity index (χ0) is 12.7. The normalized spacial score (nSPS) is 13.0. The lowest BCUT2D eigenvalue weighted by atomic mass is 10.0. The Balaban J connectivity index is 2.25. The van der Waals surface area contributed by atoms with Crippen LogP contribution in [0.5, 0.6) is 0 Å². The smallest absolute Gasteiger partial charge is 0.0681 e. The zero-order valence-corrected chi connectivity index (χ0v) is 10.8. The summed E-state index contributed by atoms with van der Waals surface area (Å²) in [6.45, 7) is 6.16. The van der Waals surface area contributed by atoms with Gasteiger partial charge in [-0.25, -0.2) is 0 Å². The highest BCUT2D eigenvalue weighted by molar-refractivity contribution is 5.21. The van der Waals surface area contributed by atoms with Crippen molar-refractivity contribution in [3.63, 3.8) is 0 Å². The lowest BCUT2D eigenvalue weighted by Gasteiger charge is -2.14. The van der Waals surface area contributed by atoms with E-state index in [4.69, 9.17) is 10.8 Å². The first-order chi connectivity index (χ1) is 8.11. The molecule has 0 fully saturated rings. The minimum atomic E-state index is 0.104. The molecule has 0 spiro atoms.